The molecule has 1 aromatic heterocycles. The minimum Gasteiger partial charge on any atom is -0.383 e. The average Bonchev–Trinajstić information content (AvgIpc) is 3.27. The highest BCUT2D eigenvalue weighted by molar-refractivity contribution is 7.89. The lowest BCUT2D eigenvalue weighted by Crippen LogP contribution is -2.50. The number of rotatable bonds is 7. The zero-order valence-corrected chi connectivity index (χ0v) is 18.5. The van der Waals surface area contributed by atoms with Crippen LogP contribution in [0, 0.1) is 0 Å². The molecule has 8 nitrogen and oxygen atoms in total. The molecule has 1 unspecified atom stereocenters. The molecule has 1 saturated heterocycles. The lowest BCUT2D eigenvalue weighted by molar-refractivity contribution is 0.0538. The van der Waals surface area contributed by atoms with E-state index in [1.807, 2.05) is 11.4 Å². The van der Waals surface area contributed by atoms with Crippen LogP contribution in [0.2, 0.25) is 0 Å². The molecular formula is C20H25N3O5S2. The number of piperazine rings is 1. The summed E-state index contributed by atoms with van der Waals surface area (Å²) in [5, 5.41) is 1.87. The molecule has 30 heavy (non-hydrogen) atoms. The molecule has 0 saturated carbocycles. The molecule has 0 aliphatic carbocycles. The molecule has 0 bridgehead atoms. The zero-order chi connectivity index (χ0) is 21.7. The SMILES string of the molecule is COCC(C)NS(=O)(=O)c1ccc(C(=O)N2CCN(C(=O)c3cccs3)CC2)cc1. The maximum atomic E-state index is 12.8. The van der Waals surface area contributed by atoms with E-state index < -0.39 is 10.0 Å². The second kappa shape index (κ2) is 9.69. The summed E-state index contributed by atoms with van der Waals surface area (Å²) < 4.78 is 32.3. The number of methoxy groups -OCH3 is 1. The van der Waals surface area contributed by atoms with E-state index in [2.05, 4.69) is 4.72 Å². The number of amides is 2. The fraction of sp³-hybridized carbons (Fsp3) is 0.400. The highest BCUT2D eigenvalue weighted by atomic mass is 32.2. The second-order valence-corrected chi connectivity index (χ2v) is 9.73. The maximum absolute atomic E-state index is 12.8. The van der Waals surface area contributed by atoms with E-state index in [0.29, 0.717) is 36.6 Å². The molecule has 162 valence electrons. The molecule has 1 aliphatic rings. The van der Waals surface area contributed by atoms with E-state index in [9.17, 15) is 18.0 Å². The first-order valence-corrected chi connectivity index (χ1v) is 11.9. The van der Waals surface area contributed by atoms with Crippen molar-refractivity contribution >= 4 is 33.2 Å². The number of hydrogen-bond donors (Lipinski definition) is 1. The Balaban J connectivity index is 1.59. The van der Waals surface area contributed by atoms with Gasteiger partial charge in [0.25, 0.3) is 11.8 Å². The van der Waals surface area contributed by atoms with E-state index in [1.165, 1.54) is 42.7 Å². The van der Waals surface area contributed by atoms with Crippen molar-refractivity contribution in [2.24, 2.45) is 0 Å². The van der Waals surface area contributed by atoms with Crippen molar-refractivity contribution in [2.75, 3.05) is 39.9 Å². The Morgan fingerprint density at radius 3 is 2.20 bits per heavy atom. The predicted octanol–water partition coefficient (Wildman–Crippen LogP) is 1.66. The van der Waals surface area contributed by atoms with Gasteiger partial charge in [-0.05, 0) is 42.6 Å². The van der Waals surface area contributed by atoms with Gasteiger partial charge in [-0.25, -0.2) is 13.1 Å². The van der Waals surface area contributed by atoms with Crippen molar-refractivity contribution < 1.29 is 22.7 Å². The van der Waals surface area contributed by atoms with Crippen LogP contribution in [-0.2, 0) is 14.8 Å². The first-order valence-electron chi connectivity index (χ1n) is 9.55. The Kier molecular flexibility index (Phi) is 7.24. The lowest BCUT2D eigenvalue weighted by Gasteiger charge is -2.34. The number of hydrogen-bond acceptors (Lipinski definition) is 6. The third kappa shape index (κ3) is 5.25. The molecule has 0 spiro atoms. The molecule has 1 fully saturated rings. The smallest absolute Gasteiger partial charge is 0.264 e. The van der Waals surface area contributed by atoms with Crippen molar-refractivity contribution in [3.05, 3.63) is 52.2 Å². The molecule has 1 aliphatic heterocycles. The highest BCUT2D eigenvalue weighted by Gasteiger charge is 2.26. The van der Waals surface area contributed by atoms with Gasteiger partial charge in [-0.3, -0.25) is 9.59 Å². The first-order chi connectivity index (χ1) is 14.3. The number of benzene rings is 1. The van der Waals surface area contributed by atoms with Gasteiger partial charge in [-0.1, -0.05) is 6.07 Å². The van der Waals surface area contributed by atoms with Gasteiger partial charge in [-0.15, -0.1) is 11.3 Å². The molecular weight excluding hydrogens is 426 g/mol. The third-order valence-corrected chi connectivity index (χ3v) is 7.23. The van der Waals surface area contributed by atoms with Crippen molar-refractivity contribution in [2.45, 2.75) is 17.9 Å². The monoisotopic (exact) mass is 451 g/mol. The number of sulfonamides is 1. The molecule has 3 rings (SSSR count). The molecule has 0 radical (unpaired) electrons. The summed E-state index contributed by atoms with van der Waals surface area (Å²) in [6.07, 6.45) is 0. The second-order valence-electron chi connectivity index (χ2n) is 7.06. The average molecular weight is 452 g/mol. The first kappa shape index (κ1) is 22.4. The van der Waals surface area contributed by atoms with Gasteiger partial charge >= 0.3 is 0 Å². The van der Waals surface area contributed by atoms with Gasteiger partial charge in [0, 0.05) is 44.9 Å². The van der Waals surface area contributed by atoms with Gasteiger partial charge in [0.1, 0.15) is 0 Å². The van der Waals surface area contributed by atoms with Crippen LogP contribution in [0.15, 0.2) is 46.7 Å². The van der Waals surface area contributed by atoms with Crippen molar-refractivity contribution in [3.63, 3.8) is 0 Å². The van der Waals surface area contributed by atoms with Crippen LogP contribution >= 0.6 is 11.3 Å². The summed E-state index contributed by atoms with van der Waals surface area (Å²) in [5.41, 5.74) is 0.414. The summed E-state index contributed by atoms with van der Waals surface area (Å²) in [6.45, 7) is 3.78. The van der Waals surface area contributed by atoms with Crippen LogP contribution < -0.4 is 4.72 Å². The van der Waals surface area contributed by atoms with Crippen LogP contribution in [0.1, 0.15) is 27.0 Å². The largest absolute Gasteiger partial charge is 0.383 e. The summed E-state index contributed by atoms with van der Waals surface area (Å²) in [7, 11) is -2.18. The topological polar surface area (TPSA) is 96.0 Å². The van der Waals surface area contributed by atoms with Crippen LogP contribution in [0.3, 0.4) is 0 Å². The molecule has 1 N–H and O–H groups in total. The van der Waals surface area contributed by atoms with Crippen LogP contribution in [0.4, 0.5) is 0 Å². The van der Waals surface area contributed by atoms with E-state index in [-0.39, 0.29) is 29.4 Å². The minimum atomic E-state index is -3.69. The van der Waals surface area contributed by atoms with Gasteiger partial charge in [-0.2, -0.15) is 0 Å². The number of nitrogens with zero attached hydrogens (tertiary/aromatic N) is 2. The minimum absolute atomic E-state index is 0.0122. The lowest BCUT2D eigenvalue weighted by atomic mass is 10.2. The Bertz CT molecular complexity index is 966. The molecule has 1 atom stereocenters. The molecule has 1 aromatic carbocycles. The van der Waals surface area contributed by atoms with Gasteiger partial charge in [0.2, 0.25) is 10.0 Å². The zero-order valence-electron chi connectivity index (χ0n) is 16.9. The number of nitrogens with one attached hydrogen (secondary N) is 1. The quantitative estimate of drug-likeness (QED) is 0.691. The summed E-state index contributed by atoms with van der Waals surface area (Å²) in [6, 6.07) is 9.15. The Morgan fingerprint density at radius 2 is 1.67 bits per heavy atom. The number of ether oxygens (including phenoxy) is 1. The van der Waals surface area contributed by atoms with Crippen LogP contribution in [-0.4, -0.2) is 76.0 Å². The summed E-state index contributed by atoms with van der Waals surface area (Å²) in [4.78, 5) is 29.4. The third-order valence-electron chi connectivity index (χ3n) is 4.77. The number of carbonyl (C=O) groups excluding carboxylic acids is 2. The van der Waals surface area contributed by atoms with Gasteiger partial charge < -0.3 is 14.5 Å². The Hall–Kier alpha value is -2.27. The highest BCUT2D eigenvalue weighted by Crippen LogP contribution is 2.16. The van der Waals surface area contributed by atoms with Gasteiger partial charge in [0.15, 0.2) is 0 Å². The van der Waals surface area contributed by atoms with Crippen LogP contribution in [0.5, 0.6) is 0 Å². The van der Waals surface area contributed by atoms with E-state index in [1.54, 1.807) is 22.8 Å². The normalized spacial score (nSPS) is 15.8. The molecule has 2 amide bonds. The van der Waals surface area contributed by atoms with E-state index in [0.717, 1.165) is 0 Å². The van der Waals surface area contributed by atoms with E-state index >= 15 is 0 Å². The summed E-state index contributed by atoms with van der Waals surface area (Å²) in [5.74, 6) is -0.190. The fourth-order valence-corrected chi connectivity index (χ4v) is 5.16. The van der Waals surface area contributed by atoms with E-state index in [4.69, 9.17) is 4.74 Å². The standard InChI is InChI=1S/C20H25N3O5S2/c1-15(14-28-2)21-30(26,27)17-7-5-16(6-8-17)19(24)22-9-11-23(12-10-22)20(25)18-4-3-13-29-18/h3-8,13,15,21H,9-12,14H2,1-2H3. The number of carbonyl (C=O) groups is 2. The Morgan fingerprint density at radius 1 is 1.07 bits per heavy atom. The molecule has 2 aromatic rings. The number of thiophene rings is 1. The molecule has 10 heteroatoms. The van der Waals surface area contributed by atoms with Crippen molar-refractivity contribution in [1.29, 1.82) is 0 Å². The fourth-order valence-electron chi connectivity index (χ4n) is 3.24. The molecule has 2 heterocycles. The maximum Gasteiger partial charge on any atom is 0.264 e. The summed E-state index contributed by atoms with van der Waals surface area (Å²) >= 11 is 1.41. The van der Waals surface area contributed by atoms with Crippen molar-refractivity contribution in [1.82, 2.24) is 14.5 Å². The van der Waals surface area contributed by atoms with Crippen LogP contribution in [0.25, 0.3) is 0 Å². The van der Waals surface area contributed by atoms with Gasteiger partial charge in [0.05, 0.1) is 16.4 Å². The van der Waals surface area contributed by atoms with Crippen molar-refractivity contribution in [3.8, 4) is 0 Å². The predicted molar refractivity (Wildman–Crippen MR) is 114 cm³/mol. The Labute approximate surface area is 180 Å².